The maximum atomic E-state index is 5.59. The molecule has 0 spiro atoms. The predicted octanol–water partition coefficient (Wildman–Crippen LogP) is 2.36. The Morgan fingerprint density at radius 2 is 1.87 bits per heavy atom. The van der Waals surface area contributed by atoms with Gasteiger partial charge in [0.25, 0.3) is 0 Å². The standard InChI is InChI=1S/C24H32N4O2/c1-25-24(26-9-7-19-5-6-23-22(16-19)8-12-30-23)27-17-20-3-2-4-21(15-20)18-28-10-13-29-14-11-28/h2-6,15-16H,7-14,17-18H2,1H3,(H2,25,26,27). The van der Waals surface area contributed by atoms with Gasteiger partial charge in [-0.25, -0.2) is 0 Å². The highest BCUT2D eigenvalue weighted by Gasteiger charge is 2.12. The molecule has 0 bridgehead atoms. The van der Waals surface area contributed by atoms with Crippen LogP contribution in [0.2, 0.25) is 0 Å². The minimum absolute atomic E-state index is 0.757. The lowest BCUT2D eigenvalue weighted by atomic mass is 10.1. The van der Waals surface area contributed by atoms with Gasteiger partial charge in [-0.2, -0.15) is 0 Å². The summed E-state index contributed by atoms with van der Waals surface area (Å²) in [5, 5.41) is 6.85. The van der Waals surface area contributed by atoms with Crippen LogP contribution in [0.1, 0.15) is 22.3 Å². The van der Waals surface area contributed by atoms with Crippen LogP contribution < -0.4 is 15.4 Å². The fourth-order valence-electron chi connectivity index (χ4n) is 3.98. The fourth-order valence-corrected chi connectivity index (χ4v) is 3.98. The molecule has 30 heavy (non-hydrogen) atoms. The molecular weight excluding hydrogens is 376 g/mol. The molecule has 2 aromatic carbocycles. The van der Waals surface area contributed by atoms with Crippen LogP contribution in [0.3, 0.4) is 0 Å². The first-order valence-electron chi connectivity index (χ1n) is 10.9. The van der Waals surface area contributed by atoms with Gasteiger partial charge in [-0.15, -0.1) is 0 Å². The van der Waals surface area contributed by atoms with Crippen molar-refractivity contribution in [1.82, 2.24) is 15.5 Å². The van der Waals surface area contributed by atoms with E-state index in [2.05, 4.69) is 63.0 Å². The van der Waals surface area contributed by atoms with Crippen LogP contribution in [0.15, 0.2) is 47.5 Å². The summed E-state index contributed by atoms with van der Waals surface area (Å²) in [6.07, 6.45) is 1.98. The van der Waals surface area contributed by atoms with Gasteiger partial charge < -0.3 is 20.1 Å². The molecular formula is C24H32N4O2. The van der Waals surface area contributed by atoms with Crippen molar-refractivity contribution in [3.8, 4) is 5.75 Å². The Morgan fingerprint density at radius 1 is 1.00 bits per heavy atom. The number of hydrogen-bond acceptors (Lipinski definition) is 4. The van der Waals surface area contributed by atoms with Crippen LogP contribution in [0.4, 0.5) is 0 Å². The first-order valence-corrected chi connectivity index (χ1v) is 10.9. The smallest absolute Gasteiger partial charge is 0.191 e. The molecule has 0 aromatic heterocycles. The van der Waals surface area contributed by atoms with Crippen molar-refractivity contribution in [2.45, 2.75) is 25.9 Å². The number of fused-ring (bicyclic) bond motifs is 1. The Balaban J connectivity index is 1.22. The third-order valence-electron chi connectivity index (χ3n) is 5.64. The Labute approximate surface area is 179 Å². The van der Waals surface area contributed by atoms with Crippen LogP contribution in [-0.2, 0) is 30.7 Å². The van der Waals surface area contributed by atoms with Gasteiger partial charge in [0.05, 0.1) is 19.8 Å². The average molecular weight is 409 g/mol. The van der Waals surface area contributed by atoms with Crippen LogP contribution in [0.25, 0.3) is 0 Å². The van der Waals surface area contributed by atoms with Crippen molar-refractivity contribution in [2.24, 2.45) is 4.99 Å². The highest BCUT2D eigenvalue weighted by molar-refractivity contribution is 5.79. The van der Waals surface area contributed by atoms with E-state index in [0.717, 1.165) is 77.1 Å². The number of hydrogen-bond donors (Lipinski definition) is 2. The number of morpholine rings is 1. The number of aliphatic imine (C=N–C) groups is 1. The number of rotatable bonds is 7. The van der Waals surface area contributed by atoms with E-state index in [0.29, 0.717) is 0 Å². The Bertz CT molecular complexity index is 862. The second kappa shape index (κ2) is 10.5. The van der Waals surface area contributed by atoms with E-state index in [4.69, 9.17) is 9.47 Å². The average Bonchev–Trinajstić information content (AvgIpc) is 3.25. The maximum absolute atomic E-state index is 5.59. The zero-order chi connectivity index (χ0) is 20.6. The number of nitrogens with zero attached hydrogens (tertiary/aromatic N) is 2. The minimum Gasteiger partial charge on any atom is -0.493 e. The van der Waals surface area contributed by atoms with Gasteiger partial charge in [-0.05, 0) is 34.7 Å². The summed E-state index contributed by atoms with van der Waals surface area (Å²) >= 11 is 0. The van der Waals surface area contributed by atoms with Gasteiger partial charge in [-0.3, -0.25) is 9.89 Å². The maximum Gasteiger partial charge on any atom is 0.191 e. The fraction of sp³-hybridized carbons (Fsp3) is 0.458. The van der Waals surface area contributed by atoms with Crippen molar-refractivity contribution in [3.05, 3.63) is 64.7 Å². The number of benzene rings is 2. The van der Waals surface area contributed by atoms with Crippen LogP contribution in [0.5, 0.6) is 5.75 Å². The summed E-state index contributed by atoms with van der Waals surface area (Å²) < 4.78 is 11.0. The monoisotopic (exact) mass is 408 g/mol. The lowest BCUT2D eigenvalue weighted by molar-refractivity contribution is 0.0342. The topological polar surface area (TPSA) is 58.1 Å². The zero-order valence-electron chi connectivity index (χ0n) is 17.8. The summed E-state index contributed by atoms with van der Waals surface area (Å²) in [7, 11) is 1.82. The molecule has 6 nitrogen and oxygen atoms in total. The molecule has 2 N–H and O–H groups in total. The van der Waals surface area contributed by atoms with Gasteiger partial charge in [-0.1, -0.05) is 36.4 Å². The summed E-state index contributed by atoms with van der Waals surface area (Å²) in [6.45, 7) is 7.08. The number of ether oxygens (including phenoxy) is 2. The summed E-state index contributed by atoms with van der Waals surface area (Å²) in [4.78, 5) is 6.81. The van der Waals surface area contributed by atoms with Crippen LogP contribution in [0, 0.1) is 0 Å². The Morgan fingerprint density at radius 3 is 2.73 bits per heavy atom. The Hall–Kier alpha value is -2.57. The van der Waals surface area contributed by atoms with Gasteiger partial charge in [0, 0.05) is 46.2 Å². The van der Waals surface area contributed by atoms with E-state index in [9.17, 15) is 0 Å². The van der Waals surface area contributed by atoms with Crippen molar-refractivity contribution >= 4 is 5.96 Å². The van der Waals surface area contributed by atoms with E-state index in [1.54, 1.807) is 0 Å². The lowest BCUT2D eigenvalue weighted by Crippen LogP contribution is -2.38. The van der Waals surface area contributed by atoms with E-state index in [1.807, 2.05) is 7.05 Å². The first kappa shape index (κ1) is 20.7. The second-order valence-corrected chi connectivity index (χ2v) is 7.85. The SMILES string of the molecule is CN=C(NCCc1ccc2c(c1)CCO2)NCc1cccc(CN2CCOCC2)c1. The van der Waals surface area contributed by atoms with E-state index >= 15 is 0 Å². The number of guanidine groups is 1. The van der Waals surface area contributed by atoms with Crippen molar-refractivity contribution < 1.29 is 9.47 Å². The van der Waals surface area contributed by atoms with Gasteiger partial charge in [0.15, 0.2) is 5.96 Å². The van der Waals surface area contributed by atoms with Crippen molar-refractivity contribution in [3.63, 3.8) is 0 Å². The molecule has 0 atom stereocenters. The molecule has 160 valence electrons. The molecule has 2 aliphatic heterocycles. The lowest BCUT2D eigenvalue weighted by Gasteiger charge is -2.26. The number of nitrogens with one attached hydrogen (secondary N) is 2. The van der Waals surface area contributed by atoms with Gasteiger partial charge in [0.2, 0.25) is 0 Å². The third-order valence-corrected chi connectivity index (χ3v) is 5.64. The van der Waals surface area contributed by atoms with Crippen LogP contribution in [-0.4, -0.2) is 57.4 Å². The van der Waals surface area contributed by atoms with Gasteiger partial charge in [0.1, 0.15) is 5.75 Å². The predicted molar refractivity (Wildman–Crippen MR) is 120 cm³/mol. The molecule has 6 heteroatoms. The molecule has 2 aliphatic rings. The van der Waals surface area contributed by atoms with Crippen LogP contribution >= 0.6 is 0 Å². The van der Waals surface area contributed by atoms with E-state index in [-0.39, 0.29) is 0 Å². The molecule has 2 heterocycles. The molecule has 2 aromatic rings. The molecule has 0 aliphatic carbocycles. The molecule has 0 radical (unpaired) electrons. The summed E-state index contributed by atoms with van der Waals surface area (Å²) in [5.74, 6) is 1.87. The zero-order valence-corrected chi connectivity index (χ0v) is 17.8. The minimum atomic E-state index is 0.757. The highest BCUT2D eigenvalue weighted by Crippen LogP contribution is 2.25. The van der Waals surface area contributed by atoms with Crippen molar-refractivity contribution in [2.75, 3.05) is 46.5 Å². The molecule has 1 saturated heterocycles. The van der Waals surface area contributed by atoms with E-state index < -0.39 is 0 Å². The summed E-state index contributed by atoms with van der Waals surface area (Å²) in [6, 6.07) is 15.3. The Kier molecular flexibility index (Phi) is 7.21. The molecule has 4 rings (SSSR count). The largest absolute Gasteiger partial charge is 0.493 e. The third kappa shape index (κ3) is 5.74. The van der Waals surface area contributed by atoms with E-state index in [1.165, 1.54) is 22.3 Å². The first-order chi connectivity index (χ1) is 14.8. The second-order valence-electron chi connectivity index (χ2n) is 7.85. The van der Waals surface area contributed by atoms with Gasteiger partial charge >= 0.3 is 0 Å². The molecule has 0 amide bonds. The molecule has 1 fully saturated rings. The normalized spacial score (nSPS) is 16.8. The highest BCUT2D eigenvalue weighted by atomic mass is 16.5. The molecule has 0 unspecified atom stereocenters. The summed E-state index contributed by atoms with van der Waals surface area (Å²) in [5.41, 5.74) is 5.27. The van der Waals surface area contributed by atoms with Crippen molar-refractivity contribution in [1.29, 1.82) is 0 Å². The molecule has 0 saturated carbocycles. The quantitative estimate of drug-likeness (QED) is 0.544.